The van der Waals surface area contributed by atoms with Gasteiger partial charge in [0.25, 0.3) is 0 Å². The minimum atomic E-state index is -3.51. The van der Waals surface area contributed by atoms with E-state index in [1.165, 1.54) is 10.9 Å². The lowest BCUT2D eigenvalue weighted by Crippen LogP contribution is -2.42. The van der Waals surface area contributed by atoms with Crippen LogP contribution in [0.15, 0.2) is 36.7 Å². The SMILES string of the molecule is C#C[C@@]1(F)[C@H](O)[C@@H](CO[P@@](=S)(N[C@@H](C)C(=O)OC(C)C)Oc2ccccc2)O[C@H]1n1cnc2c(NC)nc(N)nc21. The molecule has 1 fully saturated rings. The Labute approximate surface area is 241 Å². The zero-order chi connectivity index (χ0) is 29.9. The van der Waals surface area contributed by atoms with Crippen LogP contribution in [0.2, 0.25) is 0 Å². The number of esters is 1. The van der Waals surface area contributed by atoms with Gasteiger partial charge < -0.3 is 34.7 Å². The van der Waals surface area contributed by atoms with Crippen molar-refractivity contribution in [3.05, 3.63) is 36.7 Å². The van der Waals surface area contributed by atoms with Crippen molar-refractivity contribution in [3.63, 3.8) is 0 Å². The molecular weight excluding hydrogens is 576 g/mol. The van der Waals surface area contributed by atoms with Crippen molar-refractivity contribution in [2.24, 2.45) is 0 Å². The van der Waals surface area contributed by atoms with Crippen LogP contribution in [0.1, 0.15) is 27.0 Å². The molecule has 41 heavy (non-hydrogen) atoms. The van der Waals surface area contributed by atoms with E-state index in [0.29, 0.717) is 11.6 Å². The maximum atomic E-state index is 16.2. The number of fused-ring (bicyclic) bond motifs is 1. The molecule has 0 unspecified atom stereocenters. The van der Waals surface area contributed by atoms with Crippen molar-refractivity contribution in [3.8, 4) is 18.1 Å². The van der Waals surface area contributed by atoms with Gasteiger partial charge in [0, 0.05) is 7.05 Å². The number of nitrogens with two attached hydrogens (primary N) is 1. The number of carbonyl (C=O) groups excluding carboxylic acids is 1. The van der Waals surface area contributed by atoms with E-state index in [1.54, 1.807) is 58.2 Å². The zero-order valence-electron chi connectivity index (χ0n) is 22.7. The van der Waals surface area contributed by atoms with Gasteiger partial charge in [0.15, 0.2) is 23.2 Å². The summed E-state index contributed by atoms with van der Waals surface area (Å²) in [5.41, 5.74) is 3.53. The van der Waals surface area contributed by atoms with Gasteiger partial charge >= 0.3 is 12.6 Å². The van der Waals surface area contributed by atoms with Gasteiger partial charge in [0.05, 0.1) is 19.0 Å². The van der Waals surface area contributed by atoms with Crippen LogP contribution < -0.4 is 20.7 Å². The van der Waals surface area contributed by atoms with Crippen molar-refractivity contribution in [1.82, 2.24) is 24.6 Å². The van der Waals surface area contributed by atoms with Crippen LogP contribution in [-0.4, -0.2) is 74.3 Å². The standard InChI is InChI=1S/C25H31FN7O6PS/c1-6-25(26)19(34)17(38-23(25)33-13-29-18-20(28-5)30-24(27)31-21(18)33)12-36-40(41,39-16-10-8-7-9-11-16)32-15(4)22(35)37-14(2)3/h1,7-11,13-15,17,19,23,34H,12H2,2-5H3,(H,32,41)(H3,27,28,30,31)/t15-,17+,19+,23+,25+,40-/m0/s1. The summed E-state index contributed by atoms with van der Waals surface area (Å²) in [4.78, 5) is 24.9. The van der Waals surface area contributed by atoms with E-state index in [2.05, 4.69) is 25.4 Å². The zero-order valence-corrected chi connectivity index (χ0v) is 24.4. The molecule has 0 saturated carbocycles. The van der Waals surface area contributed by atoms with Gasteiger partial charge in [-0.1, -0.05) is 24.1 Å². The lowest BCUT2D eigenvalue weighted by atomic mass is 9.97. The predicted molar refractivity (Wildman–Crippen MR) is 153 cm³/mol. The Morgan fingerprint density at radius 2 is 2.07 bits per heavy atom. The van der Waals surface area contributed by atoms with Crippen molar-refractivity contribution in [2.75, 3.05) is 24.7 Å². The summed E-state index contributed by atoms with van der Waals surface area (Å²) < 4.78 is 40.5. The summed E-state index contributed by atoms with van der Waals surface area (Å²) in [6, 6.07) is 7.65. The minimum absolute atomic E-state index is 0.0952. The molecule has 16 heteroatoms. The fraction of sp³-hybridized carbons (Fsp3) is 0.440. The number of anilines is 2. The van der Waals surface area contributed by atoms with E-state index < -0.39 is 49.4 Å². The number of terminal acetylenes is 1. The molecule has 1 aliphatic heterocycles. The summed E-state index contributed by atoms with van der Waals surface area (Å²) in [7, 11) is 1.61. The Kier molecular flexibility index (Phi) is 9.13. The van der Waals surface area contributed by atoms with Gasteiger partial charge in [-0.05, 0) is 44.7 Å². The summed E-state index contributed by atoms with van der Waals surface area (Å²) in [5.74, 6) is 2.01. The van der Waals surface area contributed by atoms with Gasteiger partial charge in [-0.2, -0.15) is 9.97 Å². The van der Waals surface area contributed by atoms with Crippen LogP contribution in [0.3, 0.4) is 0 Å². The third-order valence-electron chi connectivity index (χ3n) is 6.03. The molecule has 0 amide bonds. The van der Waals surface area contributed by atoms with Crippen LogP contribution in [0.4, 0.5) is 16.2 Å². The van der Waals surface area contributed by atoms with Crippen molar-refractivity contribution in [2.45, 2.75) is 57.0 Å². The monoisotopic (exact) mass is 607 g/mol. The topological polar surface area (TPSA) is 168 Å². The molecule has 6 atom stereocenters. The molecule has 0 bridgehead atoms. The maximum absolute atomic E-state index is 16.2. The molecule has 1 aliphatic rings. The first kappa shape index (κ1) is 30.6. The molecule has 220 valence electrons. The second-order valence-electron chi connectivity index (χ2n) is 9.42. The number of halogens is 1. The molecule has 5 N–H and O–H groups in total. The highest BCUT2D eigenvalue weighted by Gasteiger charge is 2.58. The molecule has 1 aromatic carbocycles. The van der Waals surface area contributed by atoms with Crippen LogP contribution in [0.5, 0.6) is 5.75 Å². The number of para-hydroxylation sites is 1. The van der Waals surface area contributed by atoms with Crippen molar-refractivity contribution >= 4 is 47.3 Å². The number of aliphatic hydroxyl groups is 1. The van der Waals surface area contributed by atoms with E-state index in [-0.39, 0.29) is 23.2 Å². The number of benzene rings is 1. The summed E-state index contributed by atoms with van der Waals surface area (Å²) in [6.07, 6.45) is 1.76. The van der Waals surface area contributed by atoms with Crippen molar-refractivity contribution in [1.29, 1.82) is 0 Å². The molecule has 0 radical (unpaired) electrons. The minimum Gasteiger partial charge on any atom is -0.462 e. The molecular formula is C25H31FN7O6PS. The van der Waals surface area contributed by atoms with Gasteiger partial charge in [-0.3, -0.25) is 9.36 Å². The van der Waals surface area contributed by atoms with Gasteiger partial charge in [0.2, 0.25) is 11.6 Å². The second kappa shape index (κ2) is 12.2. The third-order valence-corrected chi connectivity index (χ3v) is 8.53. The van der Waals surface area contributed by atoms with Gasteiger partial charge in [-0.25, -0.2) is 14.5 Å². The predicted octanol–water partition coefficient (Wildman–Crippen LogP) is 2.30. The number of carbonyl (C=O) groups is 1. The number of imidazole rings is 1. The molecule has 4 rings (SSSR count). The van der Waals surface area contributed by atoms with Crippen LogP contribution in [-0.2, 0) is 30.6 Å². The number of rotatable bonds is 11. The van der Waals surface area contributed by atoms with Crippen LogP contribution >= 0.6 is 6.64 Å². The van der Waals surface area contributed by atoms with Gasteiger partial charge in [-0.15, -0.1) is 6.42 Å². The Bertz CT molecular complexity index is 1490. The number of nitrogen functional groups attached to an aromatic ring is 1. The van der Waals surface area contributed by atoms with E-state index in [0.717, 1.165) is 0 Å². The van der Waals surface area contributed by atoms with E-state index >= 15 is 4.39 Å². The number of alkyl halides is 1. The fourth-order valence-electron chi connectivity index (χ4n) is 4.10. The molecule has 0 aliphatic carbocycles. The maximum Gasteiger partial charge on any atom is 0.323 e. The molecule has 0 spiro atoms. The highest BCUT2D eigenvalue weighted by Crippen LogP contribution is 2.48. The number of aliphatic hydroxyl groups excluding tert-OH is 1. The molecule has 13 nitrogen and oxygen atoms in total. The number of hydrogen-bond acceptors (Lipinski definition) is 12. The Balaban J connectivity index is 1.60. The number of hydrogen-bond donors (Lipinski definition) is 4. The van der Waals surface area contributed by atoms with E-state index in [1.807, 2.05) is 5.92 Å². The highest BCUT2D eigenvalue weighted by atomic mass is 32.5. The highest BCUT2D eigenvalue weighted by molar-refractivity contribution is 8.09. The number of nitrogens with one attached hydrogen (secondary N) is 2. The number of nitrogens with zero attached hydrogens (tertiary/aromatic N) is 4. The van der Waals surface area contributed by atoms with Crippen molar-refractivity contribution < 1.29 is 32.8 Å². The first-order chi connectivity index (χ1) is 19.4. The number of ether oxygens (including phenoxy) is 2. The largest absolute Gasteiger partial charge is 0.462 e. The molecule has 2 aromatic heterocycles. The lowest BCUT2D eigenvalue weighted by molar-refractivity contribution is -0.149. The Hall–Kier alpha value is -3.38. The quantitative estimate of drug-likeness (QED) is 0.143. The first-order valence-corrected chi connectivity index (χ1v) is 15.2. The Morgan fingerprint density at radius 1 is 1.37 bits per heavy atom. The molecule has 3 heterocycles. The summed E-state index contributed by atoms with van der Waals surface area (Å²) >= 11 is 5.69. The molecule has 1 saturated heterocycles. The Morgan fingerprint density at radius 3 is 2.71 bits per heavy atom. The first-order valence-electron chi connectivity index (χ1n) is 12.6. The van der Waals surface area contributed by atoms with Gasteiger partial charge in [0.1, 0.15) is 24.0 Å². The van der Waals surface area contributed by atoms with Crippen LogP contribution in [0, 0.1) is 12.3 Å². The lowest BCUT2D eigenvalue weighted by Gasteiger charge is -2.28. The second-order valence-corrected chi connectivity index (χ2v) is 12.6. The van der Waals surface area contributed by atoms with E-state index in [4.69, 9.17) is 42.5 Å². The van der Waals surface area contributed by atoms with E-state index in [9.17, 15) is 9.90 Å². The summed E-state index contributed by atoms with van der Waals surface area (Å²) in [5, 5.41) is 16.7. The average Bonchev–Trinajstić information content (AvgIpc) is 3.45. The van der Waals surface area contributed by atoms with Crippen LogP contribution in [0.25, 0.3) is 11.2 Å². The third kappa shape index (κ3) is 6.43. The molecule has 3 aromatic rings. The smallest absolute Gasteiger partial charge is 0.323 e. The fourth-order valence-corrected chi connectivity index (χ4v) is 6.51. The number of aromatic nitrogens is 4. The normalized spacial score (nSPS) is 24.5. The average molecular weight is 608 g/mol. The summed E-state index contributed by atoms with van der Waals surface area (Å²) in [6.45, 7) is 1.02.